The molecule has 3 aromatic rings. The average Bonchev–Trinajstić information content (AvgIpc) is 2.97. The summed E-state index contributed by atoms with van der Waals surface area (Å²) in [6.07, 6.45) is 2.17. The van der Waals surface area contributed by atoms with Gasteiger partial charge in [0.15, 0.2) is 0 Å². The fourth-order valence-corrected chi connectivity index (χ4v) is 3.59. The Hall–Kier alpha value is -3.63. The van der Waals surface area contributed by atoms with Crippen LogP contribution in [0.3, 0.4) is 0 Å². The topological polar surface area (TPSA) is 91.1 Å². The molecule has 2 aromatic carbocycles. The van der Waals surface area contributed by atoms with E-state index >= 15 is 0 Å². The van der Waals surface area contributed by atoms with Crippen LogP contribution in [0.15, 0.2) is 47.7 Å². The lowest BCUT2D eigenvalue weighted by Crippen LogP contribution is -2.51. The Kier molecular flexibility index (Phi) is 3.90. The van der Waals surface area contributed by atoms with Gasteiger partial charge < -0.3 is 4.98 Å². The predicted octanol–water partition coefficient (Wildman–Crippen LogP) is 2.93. The molecule has 0 bridgehead atoms. The van der Waals surface area contributed by atoms with Crippen LogP contribution in [-0.2, 0) is 16.0 Å². The second-order valence-electron chi connectivity index (χ2n) is 6.56. The quantitative estimate of drug-likeness (QED) is 0.373. The number of hydrogen-bond acceptors (Lipinski definition) is 3. The summed E-state index contributed by atoms with van der Waals surface area (Å²) in [6, 6.07) is 9.45. The van der Waals surface area contributed by atoms with E-state index in [4.69, 9.17) is 0 Å². The van der Waals surface area contributed by atoms with Crippen molar-refractivity contribution in [3.05, 3.63) is 64.4 Å². The summed E-state index contributed by atoms with van der Waals surface area (Å²) >= 11 is 0. The zero-order valence-corrected chi connectivity index (χ0v) is 14.9. The van der Waals surface area contributed by atoms with Gasteiger partial charge in [0.05, 0.1) is 0 Å². The fraction of sp³-hybridized carbons (Fsp3) is 0.143. The fourth-order valence-electron chi connectivity index (χ4n) is 3.59. The summed E-state index contributed by atoms with van der Waals surface area (Å²) in [5, 5.41) is 6.41. The van der Waals surface area contributed by atoms with Gasteiger partial charge >= 0.3 is 6.03 Å². The Morgan fingerprint density at radius 1 is 1.00 bits per heavy atom. The first-order valence-corrected chi connectivity index (χ1v) is 8.57. The minimum absolute atomic E-state index is 0.196. The number of para-hydroxylation sites is 1. The molecule has 3 N–H and O–H groups in total. The molecule has 0 unspecified atom stereocenters. The third kappa shape index (κ3) is 2.82. The van der Waals surface area contributed by atoms with Crippen LogP contribution in [0.5, 0.6) is 0 Å². The standard InChI is InChI=1S/C21H17N3O3/c1-11-10-17-18(14-6-3-4-9-16(14)22-17)12(2)13(11)7-5-8-15-19(25)23-21(27)24-20(15)26/h3-6,9-10,22H,7H2,1-2H3,(H2,23,24,25,26,27). The number of carbonyl (C=O) groups is 3. The van der Waals surface area contributed by atoms with Gasteiger partial charge in [0.25, 0.3) is 11.8 Å². The number of imide groups is 2. The molecule has 2 heterocycles. The highest BCUT2D eigenvalue weighted by Crippen LogP contribution is 2.32. The lowest BCUT2D eigenvalue weighted by atomic mass is 9.95. The molecule has 0 aliphatic carbocycles. The third-order valence-corrected chi connectivity index (χ3v) is 4.86. The number of aryl methyl sites for hydroxylation is 2. The van der Waals surface area contributed by atoms with E-state index in [2.05, 4.69) is 35.8 Å². The van der Waals surface area contributed by atoms with Crippen LogP contribution in [0.2, 0.25) is 0 Å². The number of amides is 4. The number of rotatable bonds is 2. The molecule has 0 radical (unpaired) electrons. The van der Waals surface area contributed by atoms with Gasteiger partial charge in [-0.25, -0.2) is 4.79 Å². The summed E-state index contributed by atoms with van der Waals surface area (Å²) in [7, 11) is 0. The highest BCUT2D eigenvalue weighted by Gasteiger charge is 2.27. The van der Waals surface area contributed by atoms with Crippen molar-refractivity contribution in [2.24, 2.45) is 0 Å². The van der Waals surface area contributed by atoms with Gasteiger partial charge in [-0.1, -0.05) is 18.2 Å². The lowest BCUT2D eigenvalue weighted by molar-refractivity contribution is -0.124. The van der Waals surface area contributed by atoms with Crippen molar-refractivity contribution in [3.63, 3.8) is 0 Å². The maximum atomic E-state index is 11.8. The van der Waals surface area contributed by atoms with Crippen molar-refractivity contribution in [1.82, 2.24) is 15.6 Å². The van der Waals surface area contributed by atoms with Crippen LogP contribution in [-0.4, -0.2) is 22.8 Å². The van der Waals surface area contributed by atoms with Crippen molar-refractivity contribution < 1.29 is 14.4 Å². The minimum Gasteiger partial charge on any atom is -0.354 e. The van der Waals surface area contributed by atoms with Crippen LogP contribution in [0.1, 0.15) is 16.7 Å². The van der Waals surface area contributed by atoms with Crippen molar-refractivity contribution in [2.75, 3.05) is 0 Å². The Balaban J connectivity index is 1.77. The summed E-state index contributed by atoms with van der Waals surface area (Å²) in [4.78, 5) is 38.1. The highest BCUT2D eigenvalue weighted by molar-refractivity contribution is 6.28. The number of aromatic amines is 1. The second-order valence-corrected chi connectivity index (χ2v) is 6.56. The Morgan fingerprint density at radius 3 is 2.44 bits per heavy atom. The molecule has 1 aliphatic heterocycles. The number of hydrogen-bond donors (Lipinski definition) is 3. The molecule has 6 heteroatoms. The SMILES string of the molecule is Cc1cc2[nH]c3ccccc3c2c(C)c1CC=C=C1C(=O)NC(=O)NC1=O. The smallest absolute Gasteiger partial charge is 0.328 e. The molecular formula is C21H17N3O3. The van der Waals surface area contributed by atoms with Gasteiger partial charge in [-0.2, -0.15) is 0 Å². The summed E-state index contributed by atoms with van der Waals surface area (Å²) in [5.41, 5.74) is 8.09. The number of fused-ring (bicyclic) bond motifs is 3. The van der Waals surface area contributed by atoms with E-state index in [0.717, 1.165) is 33.1 Å². The van der Waals surface area contributed by atoms with Crippen molar-refractivity contribution in [2.45, 2.75) is 20.3 Å². The normalized spacial score (nSPS) is 14.3. The van der Waals surface area contributed by atoms with Gasteiger partial charge in [0, 0.05) is 21.8 Å². The maximum absolute atomic E-state index is 11.8. The summed E-state index contributed by atoms with van der Waals surface area (Å²) < 4.78 is 0. The van der Waals surface area contributed by atoms with E-state index in [1.54, 1.807) is 6.08 Å². The van der Waals surface area contributed by atoms with Gasteiger partial charge in [0.2, 0.25) is 0 Å². The summed E-state index contributed by atoms with van der Waals surface area (Å²) in [6.45, 7) is 4.11. The van der Waals surface area contributed by atoms with Crippen molar-refractivity contribution in [1.29, 1.82) is 0 Å². The van der Waals surface area contributed by atoms with Gasteiger partial charge in [-0.15, -0.1) is 5.73 Å². The average molecular weight is 359 g/mol. The number of carbonyl (C=O) groups excluding carboxylic acids is 3. The van der Waals surface area contributed by atoms with Crippen LogP contribution in [0, 0.1) is 13.8 Å². The van der Waals surface area contributed by atoms with E-state index in [-0.39, 0.29) is 5.57 Å². The highest BCUT2D eigenvalue weighted by atomic mass is 16.2. The molecule has 0 saturated carbocycles. The van der Waals surface area contributed by atoms with E-state index in [1.807, 2.05) is 29.7 Å². The molecule has 1 aliphatic rings. The molecule has 27 heavy (non-hydrogen) atoms. The molecule has 1 saturated heterocycles. The molecule has 4 amide bonds. The molecule has 4 rings (SSSR count). The largest absolute Gasteiger partial charge is 0.354 e. The third-order valence-electron chi connectivity index (χ3n) is 4.86. The van der Waals surface area contributed by atoms with Crippen LogP contribution >= 0.6 is 0 Å². The Labute approximate surface area is 154 Å². The van der Waals surface area contributed by atoms with Crippen LogP contribution in [0.4, 0.5) is 4.79 Å². The lowest BCUT2D eigenvalue weighted by Gasteiger charge is -2.12. The number of urea groups is 1. The Morgan fingerprint density at radius 2 is 1.70 bits per heavy atom. The predicted molar refractivity (Wildman–Crippen MR) is 102 cm³/mol. The van der Waals surface area contributed by atoms with Crippen molar-refractivity contribution in [3.8, 4) is 0 Å². The minimum atomic E-state index is -0.813. The van der Waals surface area contributed by atoms with E-state index in [1.165, 1.54) is 5.39 Å². The van der Waals surface area contributed by atoms with E-state index in [0.29, 0.717) is 6.42 Å². The zero-order valence-electron chi connectivity index (χ0n) is 14.9. The van der Waals surface area contributed by atoms with E-state index in [9.17, 15) is 14.4 Å². The summed E-state index contributed by atoms with van der Waals surface area (Å²) in [5.74, 6) is -1.47. The van der Waals surface area contributed by atoms with Gasteiger partial charge in [-0.05, 0) is 55.2 Å². The van der Waals surface area contributed by atoms with E-state index < -0.39 is 17.8 Å². The van der Waals surface area contributed by atoms with Gasteiger partial charge in [-0.3, -0.25) is 20.2 Å². The molecule has 1 fully saturated rings. The molecule has 6 nitrogen and oxygen atoms in total. The molecule has 0 atom stereocenters. The van der Waals surface area contributed by atoms with Crippen molar-refractivity contribution >= 4 is 39.7 Å². The molecular weight excluding hydrogens is 342 g/mol. The number of aromatic nitrogens is 1. The number of barbiturate groups is 1. The molecule has 1 aromatic heterocycles. The van der Waals surface area contributed by atoms with Crippen LogP contribution < -0.4 is 10.6 Å². The number of nitrogens with one attached hydrogen (secondary N) is 3. The first-order valence-electron chi connectivity index (χ1n) is 8.57. The second kappa shape index (κ2) is 6.27. The number of benzene rings is 2. The first-order chi connectivity index (χ1) is 13.0. The monoisotopic (exact) mass is 359 g/mol. The first kappa shape index (κ1) is 16.8. The molecule has 0 spiro atoms. The maximum Gasteiger partial charge on any atom is 0.328 e. The van der Waals surface area contributed by atoms with Gasteiger partial charge in [0.1, 0.15) is 5.57 Å². The Bertz CT molecular complexity index is 1190. The zero-order chi connectivity index (χ0) is 19.1. The van der Waals surface area contributed by atoms with Crippen LogP contribution in [0.25, 0.3) is 21.8 Å². The molecule has 134 valence electrons. The number of H-pyrrole nitrogens is 1.